The fourth-order valence-corrected chi connectivity index (χ4v) is 2.31. The number of nitrogens with one attached hydrogen (secondary N) is 1. The molecule has 0 aliphatic carbocycles. The molecule has 19 heavy (non-hydrogen) atoms. The summed E-state index contributed by atoms with van der Waals surface area (Å²) >= 11 is 0. The lowest BCUT2D eigenvalue weighted by atomic mass is 10.2. The summed E-state index contributed by atoms with van der Waals surface area (Å²) in [6.07, 6.45) is -1.04. The van der Waals surface area contributed by atoms with Crippen LogP contribution >= 0.6 is 0 Å². The van der Waals surface area contributed by atoms with Crippen molar-refractivity contribution in [2.45, 2.75) is 18.8 Å². The summed E-state index contributed by atoms with van der Waals surface area (Å²) in [5, 5.41) is 2.66. The Morgan fingerprint density at radius 3 is 2.89 bits per heavy atom. The molecule has 2 atom stereocenters. The van der Waals surface area contributed by atoms with Gasteiger partial charge < -0.3 is 19.7 Å². The lowest BCUT2D eigenvalue weighted by molar-refractivity contribution is 0.0918. The Morgan fingerprint density at radius 2 is 2.16 bits per heavy atom. The highest BCUT2D eigenvalue weighted by molar-refractivity contribution is 5.73. The van der Waals surface area contributed by atoms with Gasteiger partial charge in [0.15, 0.2) is 0 Å². The first-order valence-electron chi connectivity index (χ1n) is 6.15. The number of rotatable bonds is 2. The molecule has 2 aliphatic rings. The highest BCUT2D eigenvalue weighted by atomic mass is 16.6. The topological polar surface area (TPSA) is 67.9 Å². The van der Waals surface area contributed by atoms with Crippen molar-refractivity contribution < 1.29 is 19.1 Å². The molecule has 6 nitrogen and oxygen atoms in total. The number of benzene rings is 1. The van der Waals surface area contributed by atoms with Gasteiger partial charge in [0.1, 0.15) is 12.7 Å². The van der Waals surface area contributed by atoms with Gasteiger partial charge in [0.25, 0.3) is 0 Å². The van der Waals surface area contributed by atoms with E-state index in [-0.39, 0.29) is 24.8 Å². The number of hydrogen-bond acceptors (Lipinski definition) is 4. The molecule has 1 aromatic carbocycles. The normalized spacial score (nSPS) is 24.6. The second kappa shape index (κ2) is 4.79. The van der Waals surface area contributed by atoms with E-state index in [0.29, 0.717) is 13.1 Å². The first-order chi connectivity index (χ1) is 9.22. The first-order valence-corrected chi connectivity index (χ1v) is 6.15. The summed E-state index contributed by atoms with van der Waals surface area (Å²) in [5.74, 6) is 0. The maximum absolute atomic E-state index is 11.9. The van der Waals surface area contributed by atoms with Gasteiger partial charge in [-0.2, -0.15) is 0 Å². The number of alkyl carbamates (subject to hydrolysis) is 1. The molecule has 3 rings (SSSR count). The summed E-state index contributed by atoms with van der Waals surface area (Å²) in [4.78, 5) is 24.4. The molecule has 0 radical (unpaired) electrons. The van der Waals surface area contributed by atoms with E-state index in [1.54, 1.807) is 4.90 Å². The van der Waals surface area contributed by atoms with E-state index in [2.05, 4.69) is 5.32 Å². The van der Waals surface area contributed by atoms with Crippen LogP contribution in [0, 0.1) is 0 Å². The van der Waals surface area contributed by atoms with Gasteiger partial charge in [-0.15, -0.1) is 0 Å². The Bertz CT molecular complexity index is 475. The van der Waals surface area contributed by atoms with Crippen LogP contribution in [0.25, 0.3) is 0 Å². The number of amides is 2. The number of carbonyl (C=O) groups is 2. The predicted octanol–water partition coefficient (Wildman–Crippen LogP) is 1.12. The zero-order chi connectivity index (χ0) is 13.2. The van der Waals surface area contributed by atoms with Crippen molar-refractivity contribution in [2.24, 2.45) is 0 Å². The molecular formula is C13H14N2O4. The van der Waals surface area contributed by atoms with E-state index >= 15 is 0 Å². The fraction of sp³-hybridized carbons (Fsp3) is 0.385. The Labute approximate surface area is 110 Å². The molecule has 0 bridgehead atoms. The highest BCUT2D eigenvalue weighted by Gasteiger charge is 2.43. The molecule has 1 N–H and O–H groups in total. The maximum Gasteiger partial charge on any atom is 0.410 e. The molecule has 100 valence electrons. The predicted molar refractivity (Wildman–Crippen MR) is 65.4 cm³/mol. The van der Waals surface area contributed by atoms with E-state index in [1.165, 1.54) is 0 Å². The molecule has 0 saturated carbocycles. The zero-order valence-corrected chi connectivity index (χ0v) is 10.2. The van der Waals surface area contributed by atoms with E-state index in [9.17, 15) is 9.59 Å². The van der Waals surface area contributed by atoms with Crippen molar-refractivity contribution in [3.05, 3.63) is 35.9 Å². The Kier molecular flexibility index (Phi) is 2.98. The molecule has 1 aromatic rings. The zero-order valence-electron chi connectivity index (χ0n) is 10.2. The fourth-order valence-electron chi connectivity index (χ4n) is 2.31. The SMILES string of the molecule is O=C1N[C@@H]2CN(C(=O)OCc3ccccc3)C[C@H]2O1. The van der Waals surface area contributed by atoms with E-state index in [1.807, 2.05) is 30.3 Å². The first kappa shape index (κ1) is 11.8. The van der Waals surface area contributed by atoms with Gasteiger partial charge >= 0.3 is 12.2 Å². The van der Waals surface area contributed by atoms with Crippen molar-refractivity contribution in [3.8, 4) is 0 Å². The van der Waals surface area contributed by atoms with Crippen LogP contribution < -0.4 is 5.32 Å². The maximum atomic E-state index is 11.9. The third kappa shape index (κ3) is 2.47. The van der Waals surface area contributed by atoms with Crippen molar-refractivity contribution in [1.29, 1.82) is 0 Å². The van der Waals surface area contributed by atoms with Gasteiger partial charge in [0.05, 0.1) is 12.6 Å². The van der Waals surface area contributed by atoms with Crippen LogP contribution in [-0.4, -0.2) is 42.3 Å². The Morgan fingerprint density at radius 1 is 1.37 bits per heavy atom. The largest absolute Gasteiger partial charge is 0.445 e. The van der Waals surface area contributed by atoms with E-state index < -0.39 is 6.09 Å². The Hall–Kier alpha value is -2.24. The van der Waals surface area contributed by atoms with Gasteiger partial charge in [-0.1, -0.05) is 30.3 Å². The molecular weight excluding hydrogens is 248 g/mol. The van der Waals surface area contributed by atoms with Crippen molar-refractivity contribution in [3.63, 3.8) is 0 Å². The highest BCUT2D eigenvalue weighted by Crippen LogP contribution is 2.19. The molecule has 2 aliphatic heterocycles. The van der Waals surface area contributed by atoms with Crippen LogP contribution in [0.15, 0.2) is 30.3 Å². The number of carbonyl (C=O) groups excluding carboxylic acids is 2. The second-order valence-electron chi connectivity index (χ2n) is 4.64. The molecule has 0 spiro atoms. The van der Waals surface area contributed by atoms with Crippen molar-refractivity contribution in [2.75, 3.05) is 13.1 Å². The molecule has 6 heteroatoms. The molecule has 2 amide bonds. The standard InChI is InChI=1S/C13H14N2O4/c16-12-14-10-6-15(7-11(10)19-12)13(17)18-8-9-4-2-1-3-5-9/h1-5,10-11H,6-8H2,(H,14,16)/t10-,11-/m1/s1. The van der Waals surface area contributed by atoms with Gasteiger partial charge in [0.2, 0.25) is 0 Å². The molecule has 0 aromatic heterocycles. The molecule has 0 unspecified atom stereocenters. The van der Waals surface area contributed by atoms with Crippen LogP contribution in [0.4, 0.5) is 9.59 Å². The summed E-state index contributed by atoms with van der Waals surface area (Å²) in [6, 6.07) is 9.38. The van der Waals surface area contributed by atoms with Gasteiger partial charge in [0, 0.05) is 6.54 Å². The van der Waals surface area contributed by atoms with Crippen LogP contribution in [0.5, 0.6) is 0 Å². The number of fused-ring (bicyclic) bond motifs is 1. The monoisotopic (exact) mass is 262 g/mol. The van der Waals surface area contributed by atoms with Crippen LogP contribution in [0.3, 0.4) is 0 Å². The lowest BCUT2D eigenvalue weighted by Gasteiger charge is -2.16. The number of ether oxygens (including phenoxy) is 2. The van der Waals surface area contributed by atoms with Gasteiger partial charge in [-0.25, -0.2) is 9.59 Å². The van der Waals surface area contributed by atoms with Crippen LogP contribution in [0.2, 0.25) is 0 Å². The third-order valence-electron chi connectivity index (χ3n) is 3.29. The third-order valence-corrected chi connectivity index (χ3v) is 3.29. The lowest BCUT2D eigenvalue weighted by Crippen LogP contribution is -2.35. The summed E-state index contributed by atoms with van der Waals surface area (Å²) < 4.78 is 10.3. The number of hydrogen-bond donors (Lipinski definition) is 1. The molecule has 2 heterocycles. The summed E-state index contributed by atoms with van der Waals surface area (Å²) in [7, 11) is 0. The molecule has 2 saturated heterocycles. The average Bonchev–Trinajstić information content (AvgIpc) is 2.94. The number of likely N-dealkylation sites (tertiary alicyclic amines) is 1. The minimum absolute atomic E-state index is 0.114. The van der Waals surface area contributed by atoms with Crippen molar-refractivity contribution >= 4 is 12.2 Å². The van der Waals surface area contributed by atoms with Gasteiger partial charge in [-0.3, -0.25) is 0 Å². The minimum atomic E-state index is -0.410. The van der Waals surface area contributed by atoms with E-state index in [4.69, 9.17) is 9.47 Å². The Balaban J connectivity index is 1.51. The smallest absolute Gasteiger partial charge is 0.410 e. The summed E-state index contributed by atoms with van der Waals surface area (Å²) in [6.45, 7) is 1.07. The summed E-state index contributed by atoms with van der Waals surface area (Å²) in [5.41, 5.74) is 0.944. The van der Waals surface area contributed by atoms with Crippen LogP contribution in [0.1, 0.15) is 5.56 Å². The quantitative estimate of drug-likeness (QED) is 0.867. The average molecular weight is 262 g/mol. The van der Waals surface area contributed by atoms with E-state index in [0.717, 1.165) is 5.56 Å². The molecule has 2 fully saturated rings. The minimum Gasteiger partial charge on any atom is -0.445 e. The van der Waals surface area contributed by atoms with Crippen molar-refractivity contribution in [1.82, 2.24) is 10.2 Å². The number of nitrogens with zero attached hydrogens (tertiary/aromatic N) is 1. The second-order valence-corrected chi connectivity index (χ2v) is 4.64. The van der Waals surface area contributed by atoms with Gasteiger partial charge in [-0.05, 0) is 5.56 Å². The van der Waals surface area contributed by atoms with Crippen LogP contribution in [-0.2, 0) is 16.1 Å².